The second-order valence-electron chi connectivity index (χ2n) is 6.59. The van der Waals surface area contributed by atoms with Crippen LogP contribution in [0, 0.1) is 0 Å². The highest BCUT2D eigenvalue weighted by Crippen LogP contribution is 2.28. The predicted octanol–water partition coefficient (Wildman–Crippen LogP) is 6.21. The molecule has 0 bridgehead atoms. The fraction of sp³-hybridized carbons (Fsp3) is 0.333. The number of rotatable bonds is 11. The number of ketones is 1. The van der Waals surface area contributed by atoms with Crippen LogP contribution in [0.4, 0.5) is 13.2 Å². The SMILES string of the molecule is CCCCCC/C(=N\OS(=O)(=O)C(F)(F)F)C(=O)c1ccc(Sc2ccccc2)cc1. The van der Waals surface area contributed by atoms with Crippen LogP contribution in [0.5, 0.6) is 0 Å². The number of unbranched alkanes of at least 4 members (excludes halogenated alkanes) is 3. The molecule has 2 rings (SSSR count). The zero-order valence-corrected chi connectivity index (χ0v) is 18.4. The molecule has 0 saturated carbocycles. The van der Waals surface area contributed by atoms with E-state index in [2.05, 4.69) is 9.44 Å². The molecule has 0 aliphatic rings. The summed E-state index contributed by atoms with van der Waals surface area (Å²) in [7, 11) is -5.93. The van der Waals surface area contributed by atoms with Crippen molar-refractivity contribution in [2.45, 2.75) is 54.3 Å². The highest BCUT2D eigenvalue weighted by molar-refractivity contribution is 7.99. The third kappa shape index (κ3) is 7.70. The number of alkyl halides is 3. The number of oxime groups is 1. The molecule has 168 valence electrons. The molecule has 0 aliphatic heterocycles. The summed E-state index contributed by atoms with van der Waals surface area (Å²) in [6.07, 6.45) is 2.98. The standard InChI is InChI=1S/C21H22F3NO4S2/c1-2-3-4-8-11-19(25-29-31(27,28)21(22,23)24)20(26)16-12-14-18(15-13-16)30-17-9-6-5-7-10-17/h5-7,9-10,12-15H,2-4,8,11H2,1H3/b25-19+. The molecule has 0 amide bonds. The molecule has 2 aromatic rings. The van der Waals surface area contributed by atoms with E-state index in [0.717, 1.165) is 29.1 Å². The molecule has 2 aromatic carbocycles. The third-order valence-electron chi connectivity index (χ3n) is 4.15. The number of hydrogen-bond acceptors (Lipinski definition) is 6. The minimum Gasteiger partial charge on any atom is -0.287 e. The number of benzene rings is 2. The summed E-state index contributed by atoms with van der Waals surface area (Å²) in [5.41, 5.74) is -5.81. The predicted molar refractivity (Wildman–Crippen MR) is 114 cm³/mol. The van der Waals surface area contributed by atoms with Crippen molar-refractivity contribution < 1.29 is 30.7 Å². The summed E-state index contributed by atoms with van der Waals surface area (Å²) in [6, 6.07) is 16.0. The molecule has 0 radical (unpaired) electrons. The van der Waals surface area contributed by atoms with Crippen LogP contribution >= 0.6 is 11.8 Å². The summed E-state index contributed by atoms with van der Waals surface area (Å²) < 4.78 is 63.6. The van der Waals surface area contributed by atoms with Crippen LogP contribution in [-0.2, 0) is 14.4 Å². The van der Waals surface area contributed by atoms with E-state index in [9.17, 15) is 26.4 Å². The molecule has 0 fully saturated rings. The van der Waals surface area contributed by atoms with Gasteiger partial charge in [0.1, 0.15) is 5.71 Å². The van der Waals surface area contributed by atoms with E-state index in [4.69, 9.17) is 0 Å². The molecule has 5 nitrogen and oxygen atoms in total. The molecule has 0 N–H and O–H groups in total. The van der Waals surface area contributed by atoms with Gasteiger partial charge in [0.25, 0.3) is 0 Å². The average Bonchev–Trinajstić information content (AvgIpc) is 2.73. The van der Waals surface area contributed by atoms with Crippen molar-refractivity contribution in [1.82, 2.24) is 0 Å². The van der Waals surface area contributed by atoms with E-state index in [1.165, 1.54) is 23.9 Å². The zero-order chi connectivity index (χ0) is 22.9. The third-order valence-corrected chi connectivity index (χ3v) is 6.01. The molecule has 0 unspecified atom stereocenters. The highest BCUT2D eigenvalue weighted by atomic mass is 32.2. The van der Waals surface area contributed by atoms with Crippen LogP contribution in [0.2, 0.25) is 0 Å². The molecule has 31 heavy (non-hydrogen) atoms. The number of Topliss-reactive ketones (excluding diaryl/α,β-unsaturated/α-hetero) is 1. The maximum atomic E-state index is 12.8. The maximum Gasteiger partial charge on any atom is 0.536 e. The van der Waals surface area contributed by atoms with E-state index in [1.54, 1.807) is 12.1 Å². The van der Waals surface area contributed by atoms with Crippen LogP contribution in [0.3, 0.4) is 0 Å². The highest BCUT2D eigenvalue weighted by Gasteiger charge is 2.49. The Kier molecular flexibility index (Phi) is 9.12. The normalized spacial score (nSPS) is 12.6. The van der Waals surface area contributed by atoms with Gasteiger partial charge in [-0.3, -0.25) is 9.08 Å². The van der Waals surface area contributed by atoms with Gasteiger partial charge in [0.2, 0.25) is 5.78 Å². The lowest BCUT2D eigenvalue weighted by Gasteiger charge is -2.09. The molecule has 0 heterocycles. The van der Waals surface area contributed by atoms with Gasteiger partial charge < -0.3 is 0 Å². The zero-order valence-electron chi connectivity index (χ0n) is 16.8. The van der Waals surface area contributed by atoms with Gasteiger partial charge in [-0.25, -0.2) is 0 Å². The Morgan fingerprint density at radius 3 is 2.16 bits per heavy atom. The summed E-state index contributed by atoms with van der Waals surface area (Å²) in [5, 5.41) is 3.08. The maximum absolute atomic E-state index is 12.8. The Balaban J connectivity index is 2.18. The monoisotopic (exact) mass is 473 g/mol. The lowest BCUT2D eigenvalue weighted by Crippen LogP contribution is -2.25. The van der Waals surface area contributed by atoms with E-state index >= 15 is 0 Å². The first kappa shape index (κ1) is 24.9. The number of nitrogens with zero attached hydrogens (tertiary/aromatic N) is 1. The first-order valence-electron chi connectivity index (χ1n) is 9.58. The quantitative estimate of drug-likeness (QED) is 0.127. The van der Waals surface area contributed by atoms with Crippen molar-refractivity contribution in [2.75, 3.05) is 0 Å². The van der Waals surface area contributed by atoms with Crippen LogP contribution in [0.1, 0.15) is 49.4 Å². The molecule has 0 atom stereocenters. The number of hydrogen-bond donors (Lipinski definition) is 0. The summed E-state index contributed by atoms with van der Waals surface area (Å²) in [5.74, 6) is -0.676. The van der Waals surface area contributed by atoms with E-state index < -0.39 is 21.4 Å². The second-order valence-corrected chi connectivity index (χ2v) is 9.26. The van der Waals surface area contributed by atoms with Gasteiger partial charge in [-0.1, -0.05) is 61.3 Å². The summed E-state index contributed by atoms with van der Waals surface area (Å²) >= 11 is 1.48. The van der Waals surface area contributed by atoms with Crippen LogP contribution in [0.25, 0.3) is 0 Å². The van der Waals surface area contributed by atoms with Gasteiger partial charge in [-0.15, -0.1) is 0 Å². The molecular weight excluding hydrogens is 451 g/mol. The number of carbonyl (C=O) groups excluding carboxylic acids is 1. The Labute approximate surface area is 183 Å². The lowest BCUT2D eigenvalue weighted by atomic mass is 10.0. The van der Waals surface area contributed by atoms with Gasteiger partial charge in [0.05, 0.1) is 0 Å². The van der Waals surface area contributed by atoms with Crippen molar-refractivity contribution in [1.29, 1.82) is 0 Å². The Morgan fingerprint density at radius 1 is 0.968 bits per heavy atom. The molecule has 10 heteroatoms. The second kappa shape index (κ2) is 11.3. The van der Waals surface area contributed by atoms with Gasteiger partial charge in [0.15, 0.2) is 0 Å². The van der Waals surface area contributed by atoms with Gasteiger partial charge in [-0.05, 0) is 49.2 Å². The summed E-state index contributed by atoms with van der Waals surface area (Å²) in [4.78, 5) is 14.6. The fourth-order valence-corrected chi connectivity index (χ4v) is 3.63. The van der Waals surface area contributed by atoms with Crippen molar-refractivity contribution in [3.63, 3.8) is 0 Å². The lowest BCUT2D eigenvalue weighted by molar-refractivity contribution is -0.0541. The van der Waals surface area contributed by atoms with Gasteiger partial charge >= 0.3 is 15.6 Å². The first-order valence-corrected chi connectivity index (χ1v) is 11.8. The van der Waals surface area contributed by atoms with Crippen LogP contribution in [-0.4, -0.2) is 25.4 Å². The van der Waals surface area contributed by atoms with Crippen molar-refractivity contribution in [3.05, 3.63) is 60.2 Å². The molecule has 0 saturated heterocycles. The Hall–Kier alpha value is -2.33. The van der Waals surface area contributed by atoms with Gasteiger partial charge in [0, 0.05) is 15.4 Å². The first-order chi connectivity index (χ1) is 14.6. The van der Waals surface area contributed by atoms with E-state index in [0.29, 0.717) is 6.42 Å². The minimum absolute atomic E-state index is 0.00667. The Bertz CT molecular complexity index is 990. The van der Waals surface area contributed by atoms with Crippen molar-refractivity contribution in [2.24, 2.45) is 5.16 Å². The van der Waals surface area contributed by atoms with E-state index in [-0.39, 0.29) is 17.7 Å². The average molecular weight is 474 g/mol. The minimum atomic E-state index is -5.93. The van der Waals surface area contributed by atoms with Gasteiger partial charge in [-0.2, -0.15) is 21.6 Å². The molecule has 0 aromatic heterocycles. The molecular formula is C21H22F3NO4S2. The van der Waals surface area contributed by atoms with Crippen LogP contribution < -0.4 is 0 Å². The number of halogens is 3. The van der Waals surface area contributed by atoms with Crippen molar-refractivity contribution >= 4 is 33.4 Å². The van der Waals surface area contributed by atoms with Crippen molar-refractivity contribution in [3.8, 4) is 0 Å². The smallest absolute Gasteiger partial charge is 0.287 e. The summed E-state index contributed by atoms with van der Waals surface area (Å²) in [6.45, 7) is 1.98. The molecule has 0 spiro atoms. The number of carbonyl (C=O) groups is 1. The fourth-order valence-electron chi connectivity index (χ4n) is 2.52. The molecule has 0 aliphatic carbocycles. The Morgan fingerprint density at radius 2 is 1.58 bits per heavy atom. The van der Waals surface area contributed by atoms with E-state index in [1.807, 2.05) is 37.3 Å². The van der Waals surface area contributed by atoms with Crippen LogP contribution in [0.15, 0.2) is 69.5 Å². The topological polar surface area (TPSA) is 72.8 Å². The largest absolute Gasteiger partial charge is 0.536 e.